The SMILES string of the molecule is CCC(CC)(CBr)NS(=O)(=O)CCOC. The maximum atomic E-state index is 11.7. The molecule has 92 valence electrons. The van der Waals surface area contributed by atoms with Crippen LogP contribution in [0.5, 0.6) is 0 Å². The van der Waals surface area contributed by atoms with E-state index in [1.54, 1.807) is 0 Å². The van der Waals surface area contributed by atoms with Crippen LogP contribution in [0.1, 0.15) is 26.7 Å². The van der Waals surface area contributed by atoms with Gasteiger partial charge in [0.2, 0.25) is 10.0 Å². The second kappa shape index (κ2) is 6.83. The van der Waals surface area contributed by atoms with Crippen LogP contribution in [0.3, 0.4) is 0 Å². The van der Waals surface area contributed by atoms with Crippen molar-refractivity contribution in [3.8, 4) is 0 Å². The predicted molar refractivity (Wildman–Crippen MR) is 65.9 cm³/mol. The average Bonchev–Trinajstić information content (AvgIpc) is 2.23. The first-order valence-corrected chi connectivity index (χ1v) is 7.79. The molecule has 15 heavy (non-hydrogen) atoms. The topological polar surface area (TPSA) is 55.4 Å². The van der Waals surface area contributed by atoms with Crippen molar-refractivity contribution in [2.75, 3.05) is 24.8 Å². The monoisotopic (exact) mass is 301 g/mol. The summed E-state index contributed by atoms with van der Waals surface area (Å²) in [5.74, 6) is 0.0122. The van der Waals surface area contributed by atoms with Crippen molar-refractivity contribution in [1.82, 2.24) is 4.72 Å². The normalized spacial score (nSPS) is 13.1. The van der Waals surface area contributed by atoms with Gasteiger partial charge in [-0.3, -0.25) is 0 Å². The highest BCUT2D eigenvalue weighted by molar-refractivity contribution is 9.09. The van der Waals surface area contributed by atoms with Crippen molar-refractivity contribution in [1.29, 1.82) is 0 Å². The first kappa shape index (κ1) is 15.3. The average molecular weight is 302 g/mol. The van der Waals surface area contributed by atoms with Gasteiger partial charge in [-0.25, -0.2) is 13.1 Å². The van der Waals surface area contributed by atoms with Crippen LogP contribution >= 0.6 is 15.9 Å². The summed E-state index contributed by atoms with van der Waals surface area (Å²) in [6.45, 7) is 4.17. The molecule has 0 heterocycles. The van der Waals surface area contributed by atoms with E-state index in [4.69, 9.17) is 4.74 Å². The number of hydrogen-bond acceptors (Lipinski definition) is 3. The molecule has 0 aromatic carbocycles. The molecular weight excluding hydrogens is 282 g/mol. The quantitative estimate of drug-likeness (QED) is 0.691. The van der Waals surface area contributed by atoms with Crippen molar-refractivity contribution in [2.45, 2.75) is 32.2 Å². The second-order valence-corrected chi connectivity index (χ2v) is 5.94. The van der Waals surface area contributed by atoms with E-state index in [1.165, 1.54) is 7.11 Å². The van der Waals surface area contributed by atoms with Gasteiger partial charge >= 0.3 is 0 Å². The van der Waals surface area contributed by atoms with E-state index in [1.807, 2.05) is 13.8 Å². The second-order valence-electron chi connectivity index (χ2n) is 3.53. The largest absolute Gasteiger partial charge is 0.384 e. The summed E-state index contributed by atoms with van der Waals surface area (Å²) in [6.07, 6.45) is 1.53. The van der Waals surface area contributed by atoms with Crippen LogP contribution in [0.2, 0.25) is 0 Å². The molecule has 1 N–H and O–H groups in total. The number of alkyl halides is 1. The third kappa shape index (κ3) is 5.29. The van der Waals surface area contributed by atoms with Gasteiger partial charge in [-0.1, -0.05) is 29.8 Å². The highest BCUT2D eigenvalue weighted by Crippen LogP contribution is 2.19. The van der Waals surface area contributed by atoms with Gasteiger partial charge in [-0.05, 0) is 12.8 Å². The summed E-state index contributed by atoms with van der Waals surface area (Å²) in [7, 11) is -1.75. The summed E-state index contributed by atoms with van der Waals surface area (Å²) in [5, 5.41) is 0.624. The fourth-order valence-electron chi connectivity index (χ4n) is 1.18. The van der Waals surface area contributed by atoms with Crippen molar-refractivity contribution < 1.29 is 13.2 Å². The Labute approximate surface area is 101 Å². The zero-order valence-corrected chi connectivity index (χ0v) is 11.9. The Hall–Kier alpha value is 0.350. The fourth-order valence-corrected chi connectivity index (χ4v) is 3.81. The van der Waals surface area contributed by atoms with Gasteiger partial charge in [-0.2, -0.15) is 0 Å². The van der Waals surface area contributed by atoms with E-state index < -0.39 is 10.0 Å². The first-order valence-electron chi connectivity index (χ1n) is 5.02. The van der Waals surface area contributed by atoms with Gasteiger partial charge in [0, 0.05) is 18.0 Å². The van der Waals surface area contributed by atoms with Crippen LogP contribution in [0, 0.1) is 0 Å². The molecule has 0 aromatic heterocycles. The molecule has 0 rings (SSSR count). The molecule has 0 radical (unpaired) electrons. The summed E-state index contributed by atoms with van der Waals surface area (Å²) in [4.78, 5) is 0. The number of methoxy groups -OCH3 is 1. The Morgan fingerprint density at radius 3 is 2.20 bits per heavy atom. The molecule has 0 spiro atoms. The van der Waals surface area contributed by atoms with Crippen molar-refractivity contribution in [3.63, 3.8) is 0 Å². The summed E-state index contributed by atoms with van der Waals surface area (Å²) >= 11 is 3.36. The number of nitrogens with one attached hydrogen (secondary N) is 1. The smallest absolute Gasteiger partial charge is 0.214 e. The molecular formula is C9H20BrNO3S. The number of sulfonamides is 1. The number of ether oxygens (including phenoxy) is 1. The third-order valence-electron chi connectivity index (χ3n) is 2.54. The van der Waals surface area contributed by atoms with Gasteiger partial charge in [0.05, 0.1) is 12.4 Å². The van der Waals surface area contributed by atoms with E-state index in [2.05, 4.69) is 20.7 Å². The molecule has 4 nitrogen and oxygen atoms in total. The van der Waals surface area contributed by atoms with Gasteiger partial charge in [0.1, 0.15) is 0 Å². The molecule has 0 bridgehead atoms. The van der Waals surface area contributed by atoms with Crippen molar-refractivity contribution in [2.24, 2.45) is 0 Å². The predicted octanol–water partition coefficient (Wildman–Crippen LogP) is 1.51. The standard InChI is InChI=1S/C9H20BrNO3S/c1-4-9(5-2,8-10)11-15(12,13)7-6-14-3/h11H,4-8H2,1-3H3. The third-order valence-corrected chi connectivity index (χ3v) is 5.06. The number of halogens is 1. The van der Waals surface area contributed by atoms with E-state index in [0.29, 0.717) is 5.33 Å². The Balaban J connectivity index is 4.52. The Morgan fingerprint density at radius 1 is 1.33 bits per heavy atom. The van der Waals surface area contributed by atoms with E-state index in [-0.39, 0.29) is 17.9 Å². The summed E-state index contributed by atoms with van der Waals surface area (Å²) < 4.78 is 30.8. The molecule has 0 aliphatic rings. The minimum absolute atomic E-state index is 0.0122. The lowest BCUT2D eigenvalue weighted by Crippen LogP contribution is -2.50. The highest BCUT2D eigenvalue weighted by Gasteiger charge is 2.29. The molecule has 0 atom stereocenters. The maximum Gasteiger partial charge on any atom is 0.214 e. The minimum Gasteiger partial charge on any atom is -0.384 e. The fraction of sp³-hybridized carbons (Fsp3) is 1.00. The number of hydrogen-bond donors (Lipinski definition) is 1. The first-order chi connectivity index (χ1) is 6.95. The molecule has 0 fully saturated rings. The van der Waals surface area contributed by atoms with Crippen molar-refractivity contribution >= 4 is 26.0 Å². The molecule has 0 aliphatic heterocycles. The van der Waals surface area contributed by atoms with E-state index in [0.717, 1.165) is 12.8 Å². The van der Waals surface area contributed by atoms with Crippen LogP contribution in [0.25, 0.3) is 0 Å². The highest BCUT2D eigenvalue weighted by atomic mass is 79.9. The molecule has 0 saturated heterocycles. The molecule has 0 aliphatic carbocycles. The molecule has 6 heteroatoms. The summed E-state index contributed by atoms with van der Waals surface area (Å²) in [6, 6.07) is 0. The lowest BCUT2D eigenvalue weighted by Gasteiger charge is -2.30. The maximum absolute atomic E-state index is 11.7. The Bertz CT molecular complexity index is 254. The molecule has 0 amide bonds. The van der Waals surface area contributed by atoms with Gasteiger partial charge < -0.3 is 4.74 Å². The molecule has 0 aromatic rings. The molecule has 0 saturated carbocycles. The van der Waals surface area contributed by atoms with E-state index in [9.17, 15) is 8.42 Å². The zero-order chi connectivity index (χ0) is 11.9. The Morgan fingerprint density at radius 2 is 1.87 bits per heavy atom. The van der Waals surface area contributed by atoms with Crippen LogP contribution in [0.15, 0.2) is 0 Å². The lowest BCUT2D eigenvalue weighted by atomic mass is 9.97. The van der Waals surface area contributed by atoms with Crippen LogP contribution in [-0.4, -0.2) is 38.8 Å². The number of rotatable bonds is 8. The van der Waals surface area contributed by atoms with Gasteiger partial charge in [0.25, 0.3) is 0 Å². The van der Waals surface area contributed by atoms with Gasteiger partial charge in [0.15, 0.2) is 0 Å². The van der Waals surface area contributed by atoms with E-state index >= 15 is 0 Å². The van der Waals surface area contributed by atoms with Gasteiger partial charge in [-0.15, -0.1) is 0 Å². The van der Waals surface area contributed by atoms with Crippen LogP contribution < -0.4 is 4.72 Å². The minimum atomic E-state index is -3.24. The zero-order valence-electron chi connectivity index (χ0n) is 9.55. The van der Waals surface area contributed by atoms with Crippen LogP contribution in [-0.2, 0) is 14.8 Å². The summed E-state index contributed by atoms with van der Waals surface area (Å²) in [5.41, 5.74) is -0.368. The van der Waals surface area contributed by atoms with Crippen molar-refractivity contribution in [3.05, 3.63) is 0 Å². The lowest BCUT2D eigenvalue weighted by molar-refractivity contribution is 0.216. The Kier molecular flexibility index (Phi) is 6.99. The van der Waals surface area contributed by atoms with Crippen LogP contribution in [0.4, 0.5) is 0 Å². The molecule has 0 unspecified atom stereocenters.